The van der Waals surface area contributed by atoms with Gasteiger partial charge in [0.1, 0.15) is 11.6 Å². The van der Waals surface area contributed by atoms with Crippen LogP contribution in [-0.4, -0.2) is 11.7 Å². The third kappa shape index (κ3) is 3.40. The second-order valence-corrected chi connectivity index (χ2v) is 5.37. The van der Waals surface area contributed by atoms with Gasteiger partial charge in [0.25, 0.3) is 0 Å². The molecule has 2 aromatic carbocycles. The molecule has 3 N–H and O–H groups in total. The van der Waals surface area contributed by atoms with Crippen LogP contribution in [0.1, 0.15) is 28.7 Å². The smallest absolute Gasteiger partial charge is 0.126 e. The Bertz CT molecular complexity index is 648. The summed E-state index contributed by atoms with van der Waals surface area (Å²) >= 11 is 6.01. The van der Waals surface area contributed by atoms with Crippen molar-refractivity contribution >= 4 is 11.6 Å². The van der Waals surface area contributed by atoms with Crippen LogP contribution in [0.2, 0.25) is 5.02 Å². The number of benzene rings is 2. The Labute approximate surface area is 127 Å². The fourth-order valence-electron chi connectivity index (χ4n) is 2.25. The normalized spacial score (nSPS) is 14.0. The molecule has 0 bridgehead atoms. The fraction of sp³-hybridized carbons (Fsp3) is 0.250. The van der Waals surface area contributed by atoms with Crippen LogP contribution in [0.25, 0.3) is 0 Å². The van der Waals surface area contributed by atoms with Gasteiger partial charge in [-0.25, -0.2) is 8.78 Å². The second kappa shape index (κ2) is 6.52. The summed E-state index contributed by atoms with van der Waals surface area (Å²) in [6.07, 6.45) is -1.02. The average Bonchev–Trinajstić information content (AvgIpc) is 2.44. The zero-order valence-corrected chi connectivity index (χ0v) is 12.2. The molecule has 0 saturated heterocycles. The molecule has 2 atom stereocenters. The molecule has 2 rings (SSSR count). The van der Waals surface area contributed by atoms with E-state index in [1.54, 1.807) is 19.1 Å². The molecular weight excluding hydrogens is 296 g/mol. The van der Waals surface area contributed by atoms with E-state index in [1.807, 2.05) is 0 Å². The van der Waals surface area contributed by atoms with E-state index in [9.17, 15) is 13.9 Å². The van der Waals surface area contributed by atoms with E-state index in [-0.39, 0.29) is 11.6 Å². The van der Waals surface area contributed by atoms with Crippen LogP contribution in [0.15, 0.2) is 36.4 Å². The minimum Gasteiger partial charge on any atom is -0.388 e. The lowest BCUT2D eigenvalue weighted by Crippen LogP contribution is -2.20. The van der Waals surface area contributed by atoms with Gasteiger partial charge in [-0.1, -0.05) is 29.8 Å². The lowest BCUT2D eigenvalue weighted by molar-refractivity contribution is 0.147. The van der Waals surface area contributed by atoms with Crippen molar-refractivity contribution in [3.05, 3.63) is 69.7 Å². The number of aryl methyl sites for hydroxylation is 1. The summed E-state index contributed by atoms with van der Waals surface area (Å²) in [5.74, 6) is -1.40. The Kier molecular flexibility index (Phi) is 4.93. The number of nitrogens with two attached hydrogens (primary N) is 1. The van der Waals surface area contributed by atoms with Crippen molar-refractivity contribution in [2.45, 2.75) is 18.9 Å². The van der Waals surface area contributed by atoms with Crippen molar-refractivity contribution in [2.24, 2.45) is 5.73 Å². The van der Waals surface area contributed by atoms with E-state index in [0.29, 0.717) is 16.7 Å². The molecule has 0 fully saturated rings. The molecule has 21 heavy (non-hydrogen) atoms. The van der Waals surface area contributed by atoms with E-state index < -0.39 is 23.7 Å². The second-order valence-electron chi connectivity index (χ2n) is 4.96. The quantitative estimate of drug-likeness (QED) is 0.904. The summed E-state index contributed by atoms with van der Waals surface area (Å²) in [7, 11) is 0. The summed E-state index contributed by atoms with van der Waals surface area (Å²) < 4.78 is 26.7. The third-order valence-electron chi connectivity index (χ3n) is 3.53. The lowest BCUT2D eigenvalue weighted by Gasteiger charge is -2.23. The zero-order valence-electron chi connectivity index (χ0n) is 11.5. The summed E-state index contributed by atoms with van der Waals surface area (Å²) in [6.45, 7) is 1.74. The van der Waals surface area contributed by atoms with Crippen molar-refractivity contribution < 1.29 is 13.9 Å². The first-order valence-corrected chi connectivity index (χ1v) is 6.91. The van der Waals surface area contributed by atoms with E-state index in [4.69, 9.17) is 17.3 Å². The Morgan fingerprint density at radius 2 is 1.90 bits per heavy atom. The third-order valence-corrected chi connectivity index (χ3v) is 3.86. The highest BCUT2D eigenvalue weighted by Gasteiger charge is 2.24. The molecule has 0 radical (unpaired) electrons. The van der Waals surface area contributed by atoms with Crippen LogP contribution >= 0.6 is 11.6 Å². The van der Waals surface area contributed by atoms with Crippen LogP contribution in [0.3, 0.4) is 0 Å². The summed E-state index contributed by atoms with van der Waals surface area (Å²) in [6, 6.07) is 8.42. The summed E-state index contributed by atoms with van der Waals surface area (Å²) in [5.41, 5.74) is 7.15. The van der Waals surface area contributed by atoms with Gasteiger partial charge in [0.05, 0.1) is 6.10 Å². The lowest BCUT2D eigenvalue weighted by atomic mass is 9.89. The van der Waals surface area contributed by atoms with Crippen molar-refractivity contribution in [2.75, 3.05) is 6.54 Å². The molecule has 0 aromatic heterocycles. The maximum atomic E-state index is 13.6. The molecule has 0 aliphatic rings. The molecule has 112 valence electrons. The molecule has 2 unspecified atom stereocenters. The van der Waals surface area contributed by atoms with E-state index in [1.165, 1.54) is 24.3 Å². The van der Waals surface area contributed by atoms with Crippen molar-refractivity contribution in [1.29, 1.82) is 0 Å². The van der Waals surface area contributed by atoms with Crippen molar-refractivity contribution in [3.63, 3.8) is 0 Å². The van der Waals surface area contributed by atoms with Gasteiger partial charge in [0.2, 0.25) is 0 Å². The maximum Gasteiger partial charge on any atom is 0.126 e. The minimum absolute atomic E-state index is 0.0992. The molecule has 5 heteroatoms. The Hall–Kier alpha value is -1.49. The molecule has 0 amide bonds. The number of hydrogen-bond donors (Lipinski definition) is 2. The van der Waals surface area contributed by atoms with Gasteiger partial charge in [-0.05, 0) is 41.8 Å². The van der Waals surface area contributed by atoms with Crippen LogP contribution in [0.5, 0.6) is 0 Å². The number of hydrogen-bond acceptors (Lipinski definition) is 2. The first-order valence-electron chi connectivity index (χ1n) is 6.53. The SMILES string of the molecule is Cc1ccc(C(O)C(CN)c2ccc(F)cc2Cl)cc1F. The molecule has 2 nitrogen and oxygen atoms in total. The number of aliphatic hydroxyl groups is 1. The molecule has 0 heterocycles. The predicted octanol–water partition coefficient (Wildman–Crippen LogP) is 3.70. The first-order chi connectivity index (χ1) is 9.93. The van der Waals surface area contributed by atoms with Crippen LogP contribution in [0, 0.1) is 18.6 Å². The number of aliphatic hydroxyl groups excluding tert-OH is 1. The van der Waals surface area contributed by atoms with Gasteiger partial charge in [-0.3, -0.25) is 0 Å². The topological polar surface area (TPSA) is 46.2 Å². The van der Waals surface area contributed by atoms with Gasteiger partial charge < -0.3 is 10.8 Å². The standard InChI is InChI=1S/C16H16ClF2NO/c1-9-2-3-10(6-15(9)19)16(21)13(8-20)12-5-4-11(18)7-14(12)17/h2-7,13,16,21H,8,20H2,1H3. The first kappa shape index (κ1) is 15.9. The number of rotatable bonds is 4. The molecule has 0 aliphatic heterocycles. The number of halogens is 3. The van der Waals surface area contributed by atoms with Crippen LogP contribution in [0.4, 0.5) is 8.78 Å². The van der Waals surface area contributed by atoms with Crippen molar-refractivity contribution in [3.8, 4) is 0 Å². The molecule has 0 saturated carbocycles. The van der Waals surface area contributed by atoms with E-state index >= 15 is 0 Å². The van der Waals surface area contributed by atoms with Gasteiger partial charge in [0.15, 0.2) is 0 Å². The highest BCUT2D eigenvalue weighted by atomic mass is 35.5. The highest BCUT2D eigenvalue weighted by Crippen LogP contribution is 2.34. The minimum atomic E-state index is -1.02. The van der Waals surface area contributed by atoms with Gasteiger partial charge in [-0.2, -0.15) is 0 Å². The van der Waals surface area contributed by atoms with Gasteiger partial charge in [-0.15, -0.1) is 0 Å². The largest absolute Gasteiger partial charge is 0.388 e. The summed E-state index contributed by atoms with van der Waals surface area (Å²) in [5, 5.41) is 10.6. The molecule has 0 spiro atoms. The van der Waals surface area contributed by atoms with Gasteiger partial charge >= 0.3 is 0 Å². The molecule has 0 aliphatic carbocycles. The van der Waals surface area contributed by atoms with Crippen LogP contribution < -0.4 is 5.73 Å². The molecular formula is C16H16ClF2NO. The van der Waals surface area contributed by atoms with Crippen molar-refractivity contribution in [1.82, 2.24) is 0 Å². The van der Waals surface area contributed by atoms with E-state index in [2.05, 4.69) is 0 Å². The predicted molar refractivity (Wildman–Crippen MR) is 79.3 cm³/mol. The monoisotopic (exact) mass is 311 g/mol. The van der Waals surface area contributed by atoms with Crippen LogP contribution in [-0.2, 0) is 0 Å². The Morgan fingerprint density at radius 1 is 1.19 bits per heavy atom. The maximum absolute atomic E-state index is 13.6. The molecule has 2 aromatic rings. The average molecular weight is 312 g/mol. The highest BCUT2D eigenvalue weighted by molar-refractivity contribution is 6.31. The Morgan fingerprint density at radius 3 is 2.48 bits per heavy atom. The summed E-state index contributed by atoms with van der Waals surface area (Å²) in [4.78, 5) is 0. The van der Waals surface area contributed by atoms with E-state index in [0.717, 1.165) is 0 Å². The Balaban J connectivity index is 2.37. The fourth-order valence-corrected chi connectivity index (χ4v) is 2.56. The van der Waals surface area contributed by atoms with Gasteiger partial charge in [0, 0.05) is 17.5 Å². The zero-order chi connectivity index (χ0) is 15.6.